The maximum atomic E-state index is 11.6. The van der Waals surface area contributed by atoms with Crippen LogP contribution in [-0.4, -0.2) is 19.1 Å². The van der Waals surface area contributed by atoms with Crippen LogP contribution in [0.4, 0.5) is 0 Å². The first-order valence-corrected chi connectivity index (χ1v) is 11.8. The van der Waals surface area contributed by atoms with E-state index in [4.69, 9.17) is 10.5 Å². The third kappa shape index (κ3) is 19.7. The first-order chi connectivity index (χ1) is 13.2. The summed E-state index contributed by atoms with van der Waals surface area (Å²) in [4.78, 5) is 11.6. The SMILES string of the molecule is CCCCCCCCCCCCCCCCCCC=C(C)C(=O)OCCN. The smallest absolute Gasteiger partial charge is 0.333 e. The summed E-state index contributed by atoms with van der Waals surface area (Å²) < 4.78 is 5.00. The third-order valence-electron chi connectivity index (χ3n) is 5.18. The minimum absolute atomic E-state index is 0.225. The number of esters is 1. The van der Waals surface area contributed by atoms with Gasteiger partial charge in [0.1, 0.15) is 6.61 Å². The summed E-state index contributed by atoms with van der Waals surface area (Å²) >= 11 is 0. The van der Waals surface area contributed by atoms with Crippen LogP contribution in [0.15, 0.2) is 11.6 Å². The molecule has 0 aliphatic carbocycles. The molecule has 0 spiro atoms. The minimum atomic E-state index is -0.225. The van der Waals surface area contributed by atoms with Crippen LogP contribution < -0.4 is 5.73 Å². The molecule has 0 saturated heterocycles. The van der Waals surface area contributed by atoms with Crippen molar-refractivity contribution >= 4 is 5.97 Å². The molecule has 3 nitrogen and oxygen atoms in total. The largest absolute Gasteiger partial charge is 0.461 e. The van der Waals surface area contributed by atoms with E-state index in [0.717, 1.165) is 6.42 Å². The molecule has 0 fully saturated rings. The van der Waals surface area contributed by atoms with Crippen molar-refractivity contribution in [3.05, 3.63) is 11.6 Å². The molecule has 0 atom stereocenters. The van der Waals surface area contributed by atoms with Gasteiger partial charge in [-0.15, -0.1) is 0 Å². The molecular weight excluding hydrogens is 334 g/mol. The minimum Gasteiger partial charge on any atom is -0.461 e. The molecule has 0 saturated carbocycles. The number of carbonyl (C=O) groups is 1. The van der Waals surface area contributed by atoms with Crippen LogP contribution >= 0.6 is 0 Å². The number of nitrogens with two attached hydrogens (primary N) is 1. The highest BCUT2D eigenvalue weighted by Crippen LogP contribution is 2.14. The molecule has 0 unspecified atom stereocenters. The van der Waals surface area contributed by atoms with Crippen molar-refractivity contribution in [1.29, 1.82) is 0 Å². The van der Waals surface area contributed by atoms with E-state index < -0.39 is 0 Å². The Balaban J connectivity index is 3.24. The predicted octanol–water partition coefficient (Wildman–Crippen LogP) is 7.09. The maximum absolute atomic E-state index is 11.6. The number of carbonyl (C=O) groups excluding carboxylic acids is 1. The quantitative estimate of drug-likeness (QED) is 0.139. The second kappa shape index (κ2) is 21.5. The second-order valence-corrected chi connectivity index (χ2v) is 7.90. The Morgan fingerprint density at radius 2 is 1.15 bits per heavy atom. The highest BCUT2D eigenvalue weighted by Gasteiger charge is 2.03. The zero-order chi connectivity index (χ0) is 20.0. The van der Waals surface area contributed by atoms with Crippen LogP contribution in [0.1, 0.15) is 123 Å². The van der Waals surface area contributed by atoms with Gasteiger partial charge in [-0.2, -0.15) is 0 Å². The molecule has 3 heteroatoms. The van der Waals surface area contributed by atoms with Crippen molar-refractivity contribution in [2.45, 2.75) is 123 Å². The standard InChI is InChI=1S/C24H47NO2/c1-3-4-5-6-7-8-9-10-11-12-13-14-15-16-17-18-19-20-23(2)24(26)27-22-21-25/h20H,3-19,21-22,25H2,1-2H3. The summed E-state index contributed by atoms with van der Waals surface area (Å²) in [5, 5.41) is 0. The monoisotopic (exact) mass is 381 g/mol. The number of hydrogen-bond donors (Lipinski definition) is 1. The summed E-state index contributed by atoms with van der Waals surface area (Å²) in [5.41, 5.74) is 6.04. The van der Waals surface area contributed by atoms with Crippen molar-refractivity contribution in [3.63, 3.8) is 0 Å². The maximum Gasteiger partial charge on any atom is 0.333 e. The number of unbranched alkanes of at least 4 members (excludes halogenated alkanes) is 16. The Hall–Kier alpha value is -0.830. The van der Waals surface area contributed by atoms with E-state index in [0.29, 0.717) is 18.7 Å². The normalized spacial score (nSPS) is 11.7. The molecule has 0 aliphatic rings. The molecule has 0 amide bonds. The van der Waals surface area contributed by atoms with E-state index in [2.05, 4.69) is 6.92 Å². The lowest BCUT2D eigenvalue weighted by Crippen LogP contribution is -2.14. The zero-order valence-corrected chi connectivity index (χ0v) is 18.4. The van der Waals surface area contributed by atoms with Crippen LogP contribution in [0.3, 0.4) is 0 Å². The second-order valence-electron chi connectivity index (χ2n) is 7.90. The molecule has 2 N–H and O–H groups in total. The van der Waals surface area contributed by atoms with Gasteiger partial charge in [-0.25, -0.2) is 4.79 Å². The van der Waals surface area contributed by atoms with Gasteiger partial charge in [-0.3, -0.25) is 0 Å². The van der Waals surface area contributed by atoms with Gasteiger partial charge in [0.25, 0.3) is 0 Å². The lowest BCUT2D eigenvalue weighted by molar-refractivity contribution is -0.138. The van der Waals surface area contributed by atoms with E-state index in [1.165, 1.54) is 103 Å². The molecule has 0 rings (SSSR count). The summed E-state index contributed by atoms with van der Waals surface area (Å²) in [7, 11) is 0. The summed E-state index contributed by atoms with van der Waals surface area (Å²) in [6.45, 7) is 4.80. The third-order valence-corrected chi connectivity index (χ3v) is 5.18. The Bertz CT molecular complexity index is 352. The topological polar surface area (TPSA) is 52.3 Å². The first kappa shape index (κ1) is 26.2. The Kier molecular flexibility index (Phi) is 20.8. The fraction of sp³-hybridized carbons (Fsp3) is 0.875. The van der Waals surface area contributed by atoms with E-state index in [9.17, 15) is 4.79 Å². The average molecular weight is 382 g/mol. The molecule has 0 heterocycles. The van der Waals surface area contributed by atoms with Crippen LogP contribution in [0, 0.1) is 0 Å². The molecule has 0 aromatic heterocycles. The van der Waals surface area contributed by atoms with Gasteiger partial charge in [0.05, 0.1) is 0 Å². The molecule has 0 aromatic rings. The van der Waals surface area contributed by atoms with Crippen molar-refractivity contribution in [3.8, 4) is 0 Å². The fourth-order valence-electron chi connectivity index (χ4n) is 3.36. The fourth-order valence-corrected chi connectivity index (χ4v) is 3.36. The first-order valence-electron chi connectivity index (χ1n) is 11.8. The molecule has 160 valence electrons. The summed E-state index contributed by atoms with van der Waals surface area (Å²) in [6.07, 6.45) is 25.2. The molecule has 0 radical (unpaired) electrons. The van der Waals surface area contributed by atoms with Gasteiger partial charge in [0.2, 0.25) is 0 Å². The molecular formula is C24H47NO2. The molecule has 0 aliphatic heterocycles. The number of hydrogen-bond acceptors (Lipinski definition) is 3. The van der Waals surface area contributed by atoms with Crippen LogP contribution in [0.2, 0.25) is 0 Å². The lowest BCUT2D eigenvalue weighted by Gasteiger charge is -2.04. The molecule has 0 aromatic carbocycles. The average Bonchev–Trinajstić information content (AvgIpc) is 2.68. The highest BCUT2D eigenvalue weighted by atomic mass is 16.5. The van der Waals surface area contributed by atoms with Gasteiger partial charge in [-0.05, 0) is 19.8 Å². The number of ether oxygens (including phenoxy) is 1. The van der Waals surface area contributed by atoms with Gasteiger partial charge in [0, 0.05) is 12.1 Å². The number of allylic oxidation sites excluding steroid dienone is 1. The molecule has 27 heavy (non-hydrogen) atoms. The van der Waals surface area contributed by atoms with Crippen molar-refractivity contribution in [2.24, 2.45) is 5.73 Å². The lowest BCUT2D eigenvalue weighted by atomic mass is 10.0. The Labute approximate surface area is 169 Å². The predicted molar refractivity (Wildman–Crippen MR) is 118 cm³/mol. The van der Waals surface area contributed by atoms with Crippen molar-refractivity contribution in [1.82, 2.24) is 0 Å². The van der Waals surface area contributed by atoms with Crippen LogP contribution in [-0.2, 0) is 9.53 Å². The Morgan fingerprint density at radius 3 is 1.56 bits per heavy atom. The zero-order valence-electron chi connectivity index (χ0n) is 18.4. The molecule has 0 bridgehead atoms. The number of rotatable bonds is 20. The van der Waals surface area contributed by atoms with Gasteiger partial charge in [0.15, 0.2) is 0 Å². The van der Waals surface area contributed by atoms with Crippen LogP contribution in [0.5, 0.6) is 0 Å². The van der Waals surface area contributed by atoms with Gasteiger partial charge in [-0.1, -0.05) is 109 Å². The van der Waals surface area contributed by atoms with E-state index in [1.54, 1.807) is 0 Å². The Morgan fingerprint density at radius 1 is 0.741 bits per heavy atom. The van der Waals surface area contributed by atoms with Crippen molar-refractivity contribution in [2.75, 3.05) is 13.2 Å². The highest BCUT2D eigenvalue weighted by molar-refractivity contribution is 5.87. The van der Waals surface area contributed by atoms with E-state index >= 15 is 0 Å². The van der Waals surface area contributed by atoms with Crippen molar-refractivity contribution < 1.29 is 9.53 Å². The van der Waals surface area contributed by atoms with Gasteiger partial charge >= 0.3 is 5.97 Å². The summed E-state index contributed by atoms with van der Waals surface area (Å²) in [6, 6.07) is 0. The van der Waals surface area contributed by atoms with Crippen LogP contribution in [0.25, 0.3) is 0 Å². The van der Waals surface area contributed by atoms with Gasteiger partial charge < -0.3 is 10.5 Å². The van der Waals surface area contributed by atoms with E-state index in [1.807, 2.05) is 13.0 Å². The summed E-state index contributed by atoms with van der Waals surface area (Å²) in [5.74, 6) is -0.225. The van der Waals surface area contributed by atoms with E-state index in [-0.39, 0.29) is 5.97 Å².